The molecule has 2 unspecified atom stereocenters. The van der Waals surface area contributed by atoms with Crippen molar-refractivity contribution in [3.05, 3.63) is 0 Å². The van der Waals surface area contributed by atoms with Crippen LogP contribution in [0.2, 0.25) is 0 Å². The van der Waals surface area contributed by atoms with Crippen LogP contribution in [0.3, 0.4) is 0 Å². The summed E-state index contributed by atoms with van der Waals surface area (Å²) >= 11 is 0. The van der Waals surface area contributed by atoms with Crippen LogP contribution in [0, 0.1) is 0 Å². The Kier molecular flexibility index (Phi) is 62.9. The van der Waals surface area contributed by atoms with Gasteiger partial charge in [0.05, 0.1) is 40.3 Å². The highest BCUT2D eigenvalue weighted by Crippen LogP contribution is 2.20. The zero-order valence-corrected chi connectivity index (χ0v) is 55.2. The van der Waals surface area contributed by atoms with Gasteiger partial charge in [0.1, 0.15) is 13.2 Å². The topological polar surface area (TPSA) is 111 Å². The van der Waals surface area contributed by atoms with Crippen molar-refractivity contribution in [3.8, 4) is 0 Å². The lowest BCUT2D eigenvalue weighted by Crippen LogP contribution is -2.44. The number of carbonyl (C=O) groups is 3. The van der Waals surface area contributed by atoms with Gasteiger partial charge < -0.3 is 33.3 Å². The van der Waals surface area contributed by atoms with Crippen LogP contribution in [0.25, 0.3) is 0 Å². The van der Waals surface area contributed by atoms with Crippen molar-refractivity contribution in [1.29, 1.82) is 0 Å². The van der Waals surface area contributed by atoms with Gasteiger partial charge in [0.15, 0.2) is 12.4 Å². The minimum absolute atomic E-state index is 0.154. The third kappa shape index (κ3) is 65.7. The van der Waals surface area contributed by atoms with Gasteiger partial charge in [-0.3, -0.25) is 9.59 Å². The molecule has 0 spiro atoms. The van der Waals surface area contributed by atoms with Crippen molar-refractivity contribution in [1.82, 2.24) is 0 Å². The third-order valence-corrected chi connectivity index (χ3v) is 16.9. The third-order valence-electron chi connectivity index (χ3n) is 16.9. The largest absolute Gasteiger partial charge is 0.545 e. The summed E-state index contributed by atoms with van der Waals surface area (Å²) in [5.41, 5.74) is 0. The van der Waals surface area contributed by atoms with E-state index in [2.05, 4.69) is 13.8 Å². The summed E-state index contributed by atoms with van der Waals surface area (Å²) in [6.45, 7) is 4.84. The predicted molar refractivity (Wildman–Crippen MR) is 344 cm³/mol. The van der Waals surface area contributed by atoms with Crippen molar-refractivity contribution in [2.75, 3.05) is 47.5 Å². The molecule has 482 valence electrons. The lowest BCUT2D eigenvalue weighted by Gasteiger charge is -2.26. The number of nitrogens with zero attached hydrogens (tertiary/aromatic N) is 1. The molecule has 0 aromatic heterocycles. The van der Waals surface area contributed by atoms with Crippen LogP contribution in [0.15, 0.2) is 0 Å². The summed E-state index contributed by atoms with van der Waals surface area (Å²) in [4.78, 5) is 37.4. The van der Waals surface area contributed by atoms with E-state index in [1.807, 2.05) is 21.1 Å². The molecule has 0 aliphatic heterocycles. The van der Waals surface area contributed by atoms with E-state index in [1.54, 1.807) is 0 Å². The fourth-order valence-corrected chi connectivity index (χ4v) is 11.3. The second-order valence-corrected chi connectivity index (χ2v) is 26.3. The van der Waals surface area contributed by atoms with E-state index < -0.39 is 24.3 Å². The molecule has 0 aliphatic rings. The van der Waals surface area contributed by atoms with E-state index >= 15 is 0 Å². The first-order valence-electron chi connectivity index (χ1n) is 36.2. The second-order valence-electron chi connectivity index (χ2n) is 26.3. The van der Waals surface area contributed by atoms with Crippen LogP contribution in [-0.2, 0) is 33.3 Å². The first-order valence-corrected chi connectivity index (χ1v) is 36.2. The van der Waals surface area contributed by atoms with E-state index in [9.17, 15) is 19.5 Å². The Hall–Kier alpha value is -1.71. The van der Waals surface area contributed by atoms with E-state index in [0.29, 0.717) is 17.4 Å². The zero-order valence-electron chi connectivity index (χ0n) is 55.2. The highest BCUT2D eigenvalue weighted by atomic mass is 16.7. The minimum atomic E-state index is -1.62. The first-order chi connectivity index (χ1) is 39.6. The quantitative estimate of drug-likeness (QED) is 0.0256. The lowest BCUT2D eigenvalue weighted by molar-refractivity contribution is -0.870. The molecule has 0 fully saturated rings. The van der Waals surface area contributed by atoms with Crippen LogP contribution >= 0.6 is 0 Å². The summed E-state index contributed by atoms with van der Waals surface area (Å²) in [5, 5.41) is 11.8. The van der Waals surface area contributed by atoms with Crippen molar-refractivity contribution < 1.29 is 42.9 Å². The van der Waals surface area contributed by atoms with Crippen LogP contribution in [0.1, 0.15) is 386 Å². The summed E-state index contributed by atoms with van der Waals surface area (Å²) in [7, 11) is 5.95. The van der Waals surface area contributed by atoms with Crippen LogP contribution < -0.4 is 5.11 Å². The molecule has 9 heteroatoms. The monoisotopic (exact) mass is 1150 g/mol. The molecule has 2 atom stereocenters. The average Bonchev–Trinajstić information content (AvgIpc) is 3.44. The molecule has 0 amide bonds. The van der Waals surface area contributed by atoms with Crippen molar-refractivity contribution in [2.24, 2.45) is 0 Å². The molecule has 0 rings (SSSR count). The van der Waals surface area contributed by atoms with E-state index in [-0.39, 0.29) is 32.2 Å². The van der Waals surface area contributed by atoms with Gasteiger partial charge >= 0.3 is 11.9 Å². The molecule has 0 aliphatic carbocycles. The van der Waals surface area contributed by atoms with Crippen LogP contribution in [0.5, 0.6) is 0 Å². The number of ether oxygens (including phenoxy) is 4. The van der Waals surface area contributed by atoms with Gasteiger partial charge in [-0.05, 0) is 12.8 Å². The molecule has 0 N–H and O–H groups in total. The van der Waals surface area contributed by atoms with Crippen LogP contribution in [-0.4, -0.2) is 82.3 Å². The second kappa shape index (κ2) is 64.3. The Morgan fingerprint density at radius 2 is 0.556 bits per heavy atom. The summed E-state index contributed by atoms with van der Waals surface area (Å²) in [6.07, 6.45) is 73.5. The number of quaternary nitrogens is 1. The Bertz CT molecular complexity index is 1290. The summed E-state index contributed by atoms with van der Waals surface area (Å²) in [6, 6.07) is 0. The molecule has 0 aromatic carbocycles. The molecule has 0 heterocycles. The normalized spacial score (nSPS) is 12.6. The van der Waals surface area contributed by atoms with Gasteiger partial charge in [-0.25, -0.2) is 0 Å². The average molecular weight is 1150 g/mol. The number of carboxylic acids is 1. The van der Waals surface area contributed by atoms with E-state index in [1.165, 1.54) is 321 Å². The van der Waals surface area contributed by atoms with Crippen LogP contribution in [0.4, 0.5) is 0 Å². The summed E-state index contributed by atoms with van der Waals surface area (Å²) < 4.78 is 22.8. The SMILES string of the molecule is CCCCCCCCCCCCCCCCCCCCCCCCCCCCCCCCCCCCCCC(=O)OC(COC(=O)CCCCCCCCCCCCCCCCCCCCCC)COC(OCC[N+](C)(C)C)C(=O)[O-]. The highest BCUT2D eigenvalue weighted by Gasteiger charge is 2.22. The Morgan fingerprint density at radius 1 is 0.321 bits per heavy atom. The number of unbranched alkanes of at least 4 members (excludes halogenated alkanes) is 54. The maximum absolute atomic E-state index is 12.9. The standard InChI is InChI=1S/C72H141NO8/c1-6-8-10-12-14-16-18-20-22-24-26-28-29-30-31-32-33-34-35-36-37-38-39-40-41-42-43-45-47-49-51-53-55-57-59-61-63-70(75)81-68(67-80-72(71(76)77)78-65-64-73(3,4)5)66-79-69(74)62-60-58-56-54-52-50-48-46-44-27-25-23-21-19-17-15-13-11-9-7-2/h68,72H,6-67H2,1-5H3. The number of carbonyl (C=O) groups excluding carboxylic acids is 3. The predicted octanol–water partition coefficient (Wildman–Crippen LogP) is 20.9. The molecule has 0 saturated carbocycles. The van der Waals surface area contributed by atoms with Crippen molar-refractivity contribution in [2.45, 2.75) is 399 Å². The van der Waals surface area contributed by atoms with Gasteiger partial charge in [0.2, 0.25) is 0 Å². The number of carboxylic acid groups (broad SMARTS) is 1. The molecule has 9 nitrogen and oxygen atoms in total. The smallest absolute Gasteiger partial charge is 0.306 e. The van der Waals surface area contributed by atoms with Gasteiger partial charge in [0.25, 0.3) is 0 Å². The molecular weight excluding hydrogens is 1010 g/mol. The van der Waals surface area contributed by atoms with Gasteiger partial charge in [0, 0.05) is 12.8 Å². The fourth-order valence-electron chi connectivity index (χ4n) is 11.3. The van der Waals surface area contributed by atoms with Gasteiger partial charge in [-0.15, -0.1) is 0 Å². The number of aliphatic carboxylic acids is 1. The lowest BCUT2D eigenvalue weighted by atomic mass is 10.0. The molecular formula is C72H141NO8. The molecule has 0 aromatic rings. The fraction of sp³-hybridized carbons (Fsp3) is 0.958. The van der Waals surface area contributed by atoms with E-state index in [0.717, 1.165) is 38.5 Å². The molecule has 0 bridgehead atoms. The Labute approximate surface area is 504 Å². The van der Waals surface area contributed by atoms with Crippen molar-refractivity contribution >= 4 is 17.9 Å². The maximum Gasteiger partial charge on any atom is 0.306 e. The van der Waals surface area contributed by atoms with E-state index in [4.69, 9.17) is 18.9 Å². The number of hydrogen-bond donors (Lipinski definition) is 0. The molecule has 0 saturated heterocycles. The number of hydrogen-bond acceptors (Lipinski definition) is 8. The Morgan fingerprint density at radius 3 is 0.790 bits per heavy atom. The highest BCUT2D eigenvalue weighted by molar-refractivity contribution is 5.70. The van der Waals surface area contributed by atoms with Gasteiger partial charge in [-0.1, -0.05) is 361 Å². The molecule has 81 heavy (non-hydrogen) atoms. The maximum atomic E-state index is 12.9. The number of likely N-dealkylation sites (N-methyl/N-ethyl adjacent to an activating group) is 1. The Balaban J connectivity index is 3.96. The van der Waals surface area contributed by atoms with Gasteiger partial charge in [-0.2, -0.15) is 0 Å². The van der Waals surface area contributed by atoms with Crippen molar-refractivity contribution in [3.63, 3.8) is 0 Å². The zero-order chi connectivity index (χ0) is 59.1. The first kappa shape index (κ1) is 79.3. The number of rotatable bonds is 69. The molecule has 0 radical (unpaired) electrons. The summed E-state index contributed by atoms with van der Waals surface area (Å²) in [5.74, 6) is -2.24. The minimum Gasteiger partial charge on any atom is -0.545 e. The number of esters is 2.